The van der Waals surface area contributed by atoms with Crippen molar-refractivity contribution in [1.29, 1.82) is 0 Å². The molecule has 2 N–H and O–H groups in total. The van der Waals surface area contributed by atoms with Gasteiger partial charge in [0, 0.05) is 39.3 Å². The number of ether oxygens (including phenoxy) is 1. The van der Waals surface area contributed by atoms with Gasteiger partial charge in [-0.05, 0) is 20.0 Å². The first kappa shape index (κ1) is 16.7. The highest BCUT2D eigenvalue weighted by Gasteiger charge is 2.34. The number of carboxylic acids is 1. The molecule has 0 saturated carbocycles. The summed E-state index contributed by atoms with van der Waals surface area (Å²) in [6.07, 6.45) is 0.262. The Kier molecular flexibility index (Phi) is 6.22. The van der Waals surface area contributed by atoms with Crippen LogP contribution in [0.15, 0.2) is 0 Å². The largest absolute Gasteiger partial charge is 0.480 e. The highest BCUT2D eigenvalue weighted by atomic mass is 16.5. The number of methoxy groups -OCH3 is 1. The Hall–Kier alpha value is -1.34. The molecule has 2 amide bonds. The van der Waals surface area contributed by atoms with Gasteiger partial charge in [-0.1, -0.05) is 6.92 Å². The maximum Gasteiger partial charge on any atom is 0.326 e. The van der Waals surface area contributed by atoms with E-state index in [1.54, 1.807) is 4.90 Å². The molecule has 116 valence electrons. The Bertz CT molecular complexity index is 349. The molecule has 1 heterocycles. The first-order chi connectivity index (χ1) is 9.36. The zero-order valence-corrected chi connectivity index (χ0v) is 12.6. The molecule has 0 aliphatic carbocycles. The molecule has 1 aliphatic rings. The molecule has 0 aromatic heterocycles. The molecule has 1 saturated heterocycles. The first-order valence-corrected chi connectivity index (χ1v) is 6.80. The van der Waals surface area contributed by atoms with Gasteiger partial charge in [0.05, 0.1) is 0 Å². The molecule has 1 aliphatic heterocycles. The van der Waals surface area contributed by atoms with E-state index in [1.807, 2.05) is 14.1 Å². The van der Waals surface area contributed by atoms with Crippen LogP contribution in [0.5, 0.6) is 0 Å². The van der Waals surface area contributed by atoms with E-state index in [2.05, 4.69) is 17.1 Å². The zero-order chi connectivity index (χ0) is 15.3. The van der Waals surface area contributed by atoms with Gasteiger partial charge in [0.25, 0.3) is 0 Å². The average Bonchev–Trinajstić information content (AvgIpc) is 2.76. The summed E-state index contributed by atoms with van der Waals surface area (Å²) in [7, 11) is 5.48. The van der Waals surface area contributed by atoms with Gasteiger partial charge in [0.1, 0.15) is 6.04 Å². The third-order valence-electron chi connectivity index (χ3n) is 3.73. The van der Waals surface area contributed by atoms with Gasteiger partial charge in [0.2, 0.25) is 0 Å². The minimum Gasteiger partial charge on any atom is -0.480 e. The second-order valence-corrected chi connectivity index (χ2v) is 5.54. The molecule has 0 aromatic carbocycles. The molecule has 7 heteroatoms. The van der Waals surface area contributed by atoms with E-state index >= 15 is 0 Å². The second kappa shape index (κ2) is 7.44. The molecule has 1 fully saturated rings. The van der Waals surface area contributed by atoms with Crippen LogP contribution in [0.4, 0.5) is 4.79 Å². The van der Waals surface area contributed by atoms with Gasteiger partial charge in [-0.2, -0.15) is 0 Å². The fourth-order valence-electron chi connectivity index (χ4n) is 2.52. The number of carbonyl (C=O) groups excluding carboxylic acids is 1. The highest BCUT2D eigenvalue weighted by molar-refractivity contribution is 5.82. The van der Waals surface area contributed by atoms with Crippen LogP contribution < -0.4 is 5.32 Å². The summed E-state index contributed by atoms with van der Waals surface area (Å²) in [5.41, 5.74) is 0. The van der Waals surface area contributed by atoms with E-state index in [-0.39, 0.29) is 12.5 Å². The molecule has 20 heavy (non-hydrogen) atoms. The van der Waals surface area contributed by atoms with Crippen molar-refractivity contribution in [3.63, 3.8) is 0 Å². The molecule has 0 spiro atoms. The lowest BCUT2D eigenvalue weighted by Gasteiger charge is -2.23. The molecule has 7 nitrogen and oxygen atoms in total. The van der Waals surface area contributed by atoms with Crippen LogP contribution in [-0.2, 0) is 9.53 Å². The summed E-state index contributed by atoms with van der Waals surface area (Å²) >= 11 is 0. The van der Waals surface area contributed by atoms with E-state index in [1.165, 1.54) is 7.11 Å². The number of likely N-dealkylation sites (tertiary alicyclic amines) is 1. The summed E-state index contributed by atoms with van der Waals surface area (Å²) in [4.78, 5) is 27.0. The molecular weight excluding hydrogens is 262 g/mol. The Morgan fingerprint density at radius 3 is 2.55 bits per heavy atom. The van der Waals surface area contributed by atoms with E-state index in [4.69, 9.17) is 9.84 Å². The number of hydrogen-bond donors (Lipinski definition) is 2. The molecule has 3 atom stereocenters. The van der Waals surface area contributed by atoms with Crippen molar-refractivity contribution >= 4 is 12.0 Å². The fourth-order valence-corrected chi connectivity index (χ4v) is 2.52. The maximum absolute atomic E-state index is 12.1. The standard InChI is InChI=1S/C13H25N3O4/c1-9-7-16(8-11(9)15(2)3)13(19)14-10(12(17)18)5-6-20-4/h9-11H,5-8H2,1-4H3,(H,14,19)(H,17,18). The minimum absolute atomic E-state index is 0.262. The van der Waals surface area contributed by atoms with E-state index in [0.29, 0.717) is 31.7 Å². The van der Waals surface area contributed by atoms with Crippen molar-refractivity contribution in [3.05, 3.63) is 0 Å². The number of urea groups is 1. The number of likely N-dealkylation sites (N-methyl/N-ethyl adjacent to an activating group) is 1. The molecule has 3 unspecified atom stereocenters. The van der Waals surface area contributed by atoms with Crippen LogP contribution in [0.3, 0.4) is 0 Å². The normalized spacial score (nSPS) is 23.9. The van der Waals surface area contributed by atoms with Crippen LogP contribution in [0.25, 0.3) is 0 Å². The third-order valence-corrected chi connectivity index (χ3v) is 3.73. The third kappa shape index (κ3) is 4.35. The lowest BCUT2D eigenvalue weighted by molar-refractivity contribution is -0.139. The molecule has 0 bridgehead atoms. The van der Waals surface area contributed by atoms with Crippen molar-refractivity contribution in [1.82, 2.24) is 15.1 Å². The smallest absolute Gasteiger partial charge is 0.326 e. The lowest BCUT2D eigenvalue weighted by Crippen LogP contribution is -2.48. The summed E-state index contributed by atoms with van der Waals surface area (Å²) in [6.45, 7) is 3.66. The SMILES string of the molecule is COCCC(NC(=O)N1CC(C)C(N(C)C)C1)C(=O)O. The molecule has 1 rings (SSSR count). The van der Waals surface area contributed by atoms with Crippen LogP contribution in [-0.4, -0.2) is 79.9 Å². The Morgan fingerprint density at radius 1 is 1.45 bits per heavy atom. The van der Waals surface area contributed by atoms with Crippen LogP contribution in [0, 0.1) is 5.92 Å². The molecule has 0 radical (unpaired) electrons. The monoisotopic (exact) mass is 287 g/mol. The van der Waals surface area contributed by atoms with Crippen molar-refractivity contribution in [2.24, 2.45) is 5.92 Å². The van der Waals surface area contributed by atoms with Gasteiger partial charge < -0.3 is 25.0 Å². The Labute approximate surface area is 119 Å². The van der Waals surface area contributed by atoms with Gasteiger partial charge in [0.15, 0.2) is 0 Å². The van der Waals surface area contributed by atoms with Gasteiger partial charge in [-0.15, -0.1) is 0 Å². The summed E-state index contributed by atoms with van der Waals surface area (Å²) in [6, 6.07) is -0.913. The second-order valence-electron chi connectivity index (χ2n) is 5.54. The summed E-state index contributed by atoms with van der Waals surface area (Å²) < 4.78 is 4.86. The quantitative estimate of drug-likeness (QED) is 0.722. The number of nitrogens with zero attached hydrogens (tertiary/aromatic N) is 2. The number of hydrogen-bond acceptors (Lipinski definition) is 4. The summed E-state index contributed by atoms with van der Waals surface area (Å²) in [5.74, 6) is -0.662. The van der Waals surface area contributed by atoms with Crippen LogP contribution in [0.2, 0.25) is 0 Å². The zero-order valence-electron chi connectivity index (χ0n) is 12.6. The number of aliphatic carboxylic acids is 1. The van der Waals surface area contributed by atoms with Gasteiger partial charge in [-0.3, -0.25) is 0 Å². The van der Waals surface area contributed by atoms with Gasteiger partial charge >= 0.3 is 12.0 Å². The lowest BCUT2D eigenvalue weighted by atomic mass is 10.1. The topological polar surface area (TPSA) is 82.1 Å². The number of amides is 2. The van der Waals surface area contributed by atoms with Gasteiger partial charge in [-0.25, -0.2) is 9.59 Å². The Morgan fingerprint density at radius 2 is 2.10 bits per heavy atom. The van der Waals surface area contributed by atoms with Crippen LogP contribution >= 0.6 is 0 Å². The van der Waals surface area contributed by atoms with Crippen molar-refractivity contribution < 1.29 is 19.4 Å². The fraction of sp³-hybridized carbons (Fsp3) is 0.846. The number of carboxylic acid groups (broad SMARTS) is 1. The van der Waals surface area contributed by atoms with E-state index < -0.39 is 12.0 Å². The van der Waals surface area contributed by atoms with Crippen molar-refractivity contribution in [3.8, 4) is 0 Å². The van der Waals surface area contributed by atoms with Crippen molar-refractivity contribution in [2.75, 3.05) is 40.9 Å². The Balaban J connectivity index is 2.55. The highest BCUT2D eigenvalue weighted by Crippen LogP contribution is 2.19. The summed E-state index contributed by atoms with van der Waals surface area (Å²) in [5, 5.41) is 11.6. The number of rotatable bonds is 6. The first-order valence-electron chi connectivity index (χ1n) is 6.80. The number of nitrogens with one attached hydrogen (secondary N) is 1. The number of carbonyl (C=O) groups is 2. The minimum atomic E-state index is -1.04. The van der Waals surface area contributed by atoms with Crippen molar-refractivity contribution in [2.45, 2.75) is 25.4 Å². The predicted octanol–water partition coefficient (Wildman–Crippen LogP) is 0.0676. The average molecular weight is 287 g/mol. The molecule has 0 aromatic rings. The van der Waals surface area contributed by atoms with E-state index in [0.717, 1.165) is 0 Å². The molecular formula is C13H25N3O4. The maximum atomic E-state index is 12.1. The van der Waals surface area contributed by atoms with Crippen LogP contribution in [0.1, 0.15) is 13.3 Å². The predicted molar refractivity (Wildman–Crippen MR) is 74.7 cm³/mol. The van der Waals surface area contributed by atoms with E-state index in [9.17, 15) is 9.59 Å².